The maximum atomic E-state index is 6.02. The van der Waals surface area contributed by atoms with Crippen LogP contribution >= 0.6 is 0 Å². The molecule has 1 aromatic carbocycles. The van der Waals surface area contributed by atoms with Gasteiger partial charge in [-0.2, -0.15) is 0 Å². The molecule has 2 heteroatoms. The Bertz CT molecular complexity index is 417. The molecule has 1 unspecified atom stereocenters. The van der Waals surface area contributed by atoms with Gasteiger partial charge < -0.3 is 10.6 Å². The number of rotatable bonds is 3. The van der Waals surface area contributed by atoms with E-state index in [1.54, 1.807) is 0 Å². The third-order valence-electron chi connectivity index (χ3n) is 5.06. The van der Waals surface area contributed by atoms with Crippen LogP contribution in [0.1, 0.15) is 42.7 Å². The largest absolute Gasteiger partial charge is 0.330 e. The molecule has 2 N–H and O–H groups in total. The Balaban J connectivity index is 1.85. The number of likely N-dealkylation sites (N-methyl/N-ethyl adjacent to an activating group) is 1. The van der Waals surface area contributed by atoms with Crippen molar-refractivity contribution in [3.63, 3.8) is 0 Å². The van der Waals surface area contributed by atoms with Crippen molar-refractivity contribution in [2.75, 3.05) is 26.7 Å². The van der Waals surface area contributed by atoms with Gasteiger partial charge in [-0.3, -0.25) is 0 Å². The van der Waals surface area contributed by atoms with Crippen molar-refractivity contribution in [1.29, 1.82) is 0 Å². The molecule has 3 rings (SSSR count). The third-order valence-corrected chi connectivity index (χ3v) is 5.06. The monoisotopic (exact) mass is 244 g/mol. The number of likely N-dealkylation sites (tertiary alicyclic amines) is 1. The molecule has 2 fully saturated rings. The van der Waals surface area contributed by atoms with Crippen molar-refractivity contribution < 1.29 is 0 Å². The highest BCUT2D eigenvalue weighted by molar-refractivity contribution is 5.34. The van der Waals surface area contributed by atoms with Gasteiger partial charge in [-0.15, -0.1) is 0 Å². The summed E-state index contributed by atoms with van der Waals surface area (Å²) in [6.45, 7) is 3.25. The summed E-state index contributed by atoms with van der Waals surface area (Å²) in [6.07, 6.45) is 5.19. The van der Waals surface area contributed by atoms with E-state index in [1.165, 1.54) is 49.9 Å². The van der Waals surface area contributed by atoms with Gasteiger partial charge in [0.2, 0.25) is 0 Å². The van der Waals surface area contributed by atoms with Crippen molar-refractivity contribution in [2.24, 2.45) is 5.73 Å². The van der Waals surface area contributed by atoms with E-state index < -0.39 is 0 Å². The highest BCUT2D eigenvalue weighted by atomic mass is 15.1. The van der Waals surface area contributed by atoms with E-state index in [9.17, 15) is 0 Å². The second kappa shape index (κ2) is 4.67. The molecule has 1 heterocycles. The van der Waals surface area contributed by atoms with E-state index in [1.807, 2.05) is 0 Å². The Morgan fingerprint density at radius 1 is 1.39 bits per heavy atom. The summed E-state index contributed by atoms with van der Waals surface area (Å²) in [5.74, 6) is 0.727. The minimum atomic E-state index is 0.306. The quantitative estimate of drug-likeness (QED) is 0.885. The van der Waals surface area contributed by atoms with E-state index in [0.29, 0.717) is 5.41 Å². The van der Waals surface area contributed by atoms with Crippen molar-refractivity contribution in [1.82, 2.24) is 4.90 Å². The minimum absolute atomic E-state index is 0.306. The smallest absolute Gasteiger partial charge is 0.00756 e. The van der Waals surface area contributed by atoms with Gasteiger partial charge in [0.1, 0.15) is 0 Å². The summed E-state index contributed by atoms with van der Waals surface area (Å²) < 4.78 is 0. The van der Waals surface area contributed by atoms with Crippen molar-refractivity contribution in [2.45, 2.75) is 37.0 Å². The molecule has 1 aliphatic carbocycles. The molecule has 18 heavy (non-hydrogen) atoms. The molecule has 0 bridgehead atoms. The number of hydrogen-bond acceptors (Lipinski definition) is 2. The number of benzene rings is 1. The standard InChI is InChI=1S/C16H24N2/c1-18-9-6-14(11-18)13-4-2-5-15(10-13)16(12-17)7-3-8-16/h2,4-5,10,14H,3,6-9,11-12,17H2,1H3. The Hall–Kier alpha value is -0.860. The first-order chi connectivity index (χ1) is 8.73. The van der Waals surface area contributed by atoms with Gasteiger partial charge in [0.05, 0.1) is 0 Å². The highest BCUT2D eigenvalue weighted by Gasteiger charge is 2.37. The third kappa shape index (κ3) is 1.98. The lowest BCUT2D eigenvalue weighted by Crippen LogP contribution is -2.41. The molecule has 2 aliphatic rings. The SMILES string of the molecule is CN1CCC(c2cccc(C3(CN)CCC3)c2)C1. The van der Waals surface area contributed by atoms with Gasteiger partial charge in [-0.25, -0.2) is 0 Å². The Labute approximate surface area is 110 Å². The molecule has 98 valence electrons. The Morgan fingerprint density at radius 2 is 2.22 bits per heavy atom. The van der Waals surface area contributed by atoms with E-state index >= 15 is 0 Å². The van der Waals surface area contributed by atoms with Crippen LogP contribution < -0.4 is 5.73 Å². The first-order valence-electron chi connectivity index (χ1n) is 7.23. The van der Waals surface area contributed by atoms with Crippen LogP contribution in [0.3, 0.4) is 0 Å². The van der Waals surface area contributed by atoms with E-state index in [-0.39, 0.29) is 0 Å². The van der Waals surface area contributed by atoms with Crippen LogP contribution in [0.4, 0.5) is 0 Å². The zero-order valence-electron chi connectivity index (χ0n) is 11.4. The molecule has 1 atom stereocenters. The normalized spacial score (nSPS) is 27.1. The van der Waals surface area contributed by atoms with Crippen LogP contribution in [0.5, 0.6) is 0 Å². The van der Waals surface area contributed by atoms with Gasteiger partial charge >= 0.3 is 0 Å². The highest BCUT2D eigenvalue weighted by Crippen LogP contribution is 2.43. The average molecular weight is 244 g/mol. The minimum Gasteiger partial charge on any atom is -0.330 e. The van der Waals surface area contributed by atoms with Crippen molar-refractivity contribution in [3.05, 3.63) is 35.4 Å². The molecule has 1 aliphatic heterocycles. The van der Waals surface area contributed by atoms with Gasteiger partial charge in [0, 0.05) is 18.5 Å². The zero-order valence-corrected chi connectivity index (χ0v) is 11.4. The molecule has 0 aromatic heterocycles. The predicted molar refractivity (Wildman–Crippen MR) is 75.9 cm³/mol. The predicted octanol–water partition coefficient (Wildman–Crippen LogP) is 2.49. The van der Waals surface area contributed by atoms with Gasteiger partial charge in [0.15, 0.2) is 0 Å². The summed E-state index contributed by atoms with van der Waals surface area (Å²) in [4.78, 5) is 2.43. The van der Waals surface area contributed by atoms with Gasteiger partial charge in [-0.1, -0.05) is 30.7 Å². The average Bonchev–Trinajstić information content (AvgIpc) is 2.76. The summed E-state index contributed by atoms with van der Waals surface area (Å²) in [7, 11) is 2.22. The summed E-state index contributed by atoms with van der Waals surface area (Å²) in [5.41, 5.74) is 9.34. The first kappa shape index (κ1) is 12.2. The molecule has 2 nitrogen and oxygen atoms in total. The molecule has 0 radical (unpaired) electrons. The lowest BCUT2D eigenvalue weighted by atomic mass is 9.64. The van der Waals surface area contributed by atoms with E-state index in [0.717, 1.165) is 12.5 Å². The Kier molecular flexibility index (Phi) is 3.16. The molecular formula is C16H24N2. The topological polar surface area (TPSA) is 29.3 Å². The van der Waals surface area contributed by atoms with Crippen LogP contribution in [-0.4, -0.2) is 31.6 Å². The van der Waals surface area contributed by atoms with Crippen molar-refractivity contribution >= 4 is 0 Å². The second-order valence-electron chi connectivity index (χ2n) is 6.21. The number of nitrogens with zero attached hydrogens (tertiary/aromatic N) is 1. The van der Waals surface area contributed by atoms with Crippen molar-refractivity contribution in [3.8, 4) is 0 Å². The maximum Gasteiger partial charge on any atom is 0.00756 e. The van der Waals surface area contributed by atoms with Gasteiger partial charge in [0.25, 0.3) is 0 Å². The summed E-state index contributed by atoms with van der Waals surface area (Å²) in [6, 6.07) is 9.26. The maximum absolute atomic E-state index is 6.02. The lowest BCUT2D eigenvalue weighted by molar-refractivity contribution is 0.253. The molecule has 0 spiro atoms. The summed E-state index contributed by atoms with van der Waals surface area (Å²) >= 11 is 0. The molecule has 0 amide bonds. The second-order valence-corrected chi connectivity index (χ2v) is 6.21. The fourth-order valence-electron chi connectivity index (χ4n) is 3.54. The molecule has 1 saturated heterocycles. The van der Waals surface area contributed by atoms with Crippen LogP contribution in [-0.2, 0) is 5.41 Å². The van der Waals surface area contributed by atoms with Crippen LogP contribution in [0.25, 0.3) is 0 Å². The lowest BCUT2D eigenvalue weighted by Gasteiger charge is -2.42. The zero-order chi connectivity index (χ0) is 12.6. The molecule has 1 aromatic rings. The van der Waals surface area contributed by atoms with Crippen LogP contribution in [0, 0.1) is 0 Å². The van der Waals surface area contributed by atoms with Gasteiger partial charge in [-0.05, 0) is 49.9 Å². The Morgan fingerprint density at radius 3 is 2.78 bits per heavy atom. The number of hydrogen-bond donors (Lipinski definition) is 1. The summed E-state index contributed by atoms with van der Waals surface area (Å²) in [5, 5.41) is 0. The fraction of sp³-hybridized carbons (Fsp3) is 0.625. The van der Waals surface area contributed by atoms with Crippen LogP contribution in [0.15, 0.2) is 24.3 Å². The number of nitrogens with two attached hydrogens (primary N) is 1. The molecular weight excluding hydrogens is 220 g/mol. The first-order valence-corrected chi connectivity index (χ1v) is 7.23. The molecule has 1 saturated carbocycles. The van der Waals surface area contributed by atoms with Crippen LogP contribution in [0.2, 0.25) is 0 Å². The fourth-order valence-corrected chi connectivity index (χ4v) is 3.54. The van der Waals surface area contributed by atoms with E-state index in [4.69, 9.17) is 5.73 Å². The van der Waals surface area contributed by atoms with E-state index in [2.05, 4.69) is 36.2 Å².